The molecule has 6 nitrogen and oxygen atoms in total. The van der Waals surface area contributed by atoms with Crippen LogP contribution in [0.1, 0.15) is 88.0 Å². The van der Waals surface area contributed by atoms with Gasteiger partial charge in [-0.05, 0) is 58.1 Å². The van der Waals surface area contributed by atoms with Crippen LogP contribution in [0.15, 0.2) is 18.2 Å². The van der Waals surface area contributed by atoms with E-state index >= 15 is 0 Å². The van der Waals surface area contributed by atoms with Crippen LogP contribution in [0.3, 0.4) is 0 Å². The number of halogens is 1. The molecule has 1 aromatic carbocycles. The van der Waals surface area contributed by atoms with Gasteiger partial charge in [-0.1, -0.05) is 48.0 Å². The number of hydrogen-bond acceptors (Lipinski definition) is 4. The summed E-state index contributed by atoms with van der Waals surface area (Å²) < 4.78 is 27.8. The lowest BCUT2D eigenvalue weighted by atomic mass is 10.00. The van der Waals surface area contributed by atoms with Gasteiger partial charge in [-0.3, -0.25) is 4.79 Å². The highest BCUT2D eigenvalue weighted by molar-refractivity contribution is 7.85. The third-order valence-corrected chi connectivity index (χ3v) is 5.84. The van der Waals surface area contributed by atoms with E-state index < -0.39 is 11.0 Å². The first kappa shape index (κ1) is 37.9. The van der Waals surface area contributed by atoms with Gasteiger partial charge in [0.05, 0.1) is 5.69 Å². The summed E-state index contributed by atoms with van der Waals surface area (Å²) in [6, 6.07) is 4.96. The minimum Gasteiger partial charge on any atom is -0.400 e. The van der Waals surface area contributed by atoms with E-state index in [0.717, 1.165) is 46.0 Å². The highest BCUT2D eigenvalue weighted by Crippen LogP contribution is 2.27. The Morgan fingerprint density at radius 2 is 1.77 bits per heavy atom. The Bertz CT molecular complexity index is 675. The second-order valence-electron chi connectivity index (χ2n) is 8.68. The SMILES string of the molecule is CC.CC1CCCN(c2ccc(NS(C)=O)cc2F)C1.CCC.CCN(C=O)C(C)(C)CC.CO. The number of carbonyl (C=O) groups excluding carboxylic acids is 1. The molecule has 0 aromatic heterocycles. The summed E-state index contributed by atoms with van der Waals surface area (Å²) in [6.07, 6.45) is 7.02. The van der Waals surface area contributed by atoms with E-state index in [-0.39, 0.29) is 11.4 Å². The third kappa shape index (κ3) is 16.6. The first-order valence-corrected chi connectivity index (χ1v) is 14.4. The fourth-order valence-corrected chi connectivity index (χ4v) is 3.71. The average molecular weight is 520 g/mol. The number of benzene rings is 1. The van der Waals surface area contributed by atoms with E-state index in [0.29, 0.717) is 17.3 Å². The van der Waals surface area contributed by atoms with Gasteiger partial charge in [-0.25, -0.2) is 8.60 Å². The zero-order chi connectivity index (χ0) is 28.0. The molecule has 0 spiro atoms. The van der Waals surface area contributed by atoms with Crippen LogP contribution in [0.25, 0.3) is 0 Å². The monoisotopic (exact) mass is 519 g/mol. The van der Waals surface area contributed by atoms with Crippen LogP contribution in [0.4, 0.5) is 15.8 Å². The average Bonchev–Trinajstić information content (AvgIpc) is 2.83. The summed E-state index contributed by atoms with van der Waals surface area (Å²) in [4.78, 5) is 14.4. The largest absolute Gasteiger partial charge is 0.400 e. The predicted octanol–water partition coefficient (Wildman–Crippen LogP) is 6.47. The van der Waals surface area contributed by atoms with Gasteiger partial charge in [0, 0.05) is 50.3 Å². The maximum absolute atomic E-state index is 14.0. The molecule has 2 N–H and O–H groups in total. The molecule has 1 aromatic rings. The fraction of sp³-hybridized carbons (Fsp3) is 0.741. The normalized spacial score (nSPS) is 15.2. The summed E-state index contributed by atoms with van der Waals surface area (Å²) in [6.45, 7) is 21.3. The van der Waals surface area contributed by atoms with Crippen LogP contribution in [0.2, 0.25) is 0 Å². The minimum absolute atomic E-state index is 0.0243. The molecule has 2 unspecified atom stereocenters. The van der Waals surface area contributed by atoms with Gasteiger partial charge >= 0.3 is 0 Å². The summed E-state index contributed by atoms with van der Waals surface area (Å²) in [5.41, 5.74) is 1.23. The van der Waals surface area contributed by atoms with Gasteiger partial charge in [-0.2, -0.15) is 0 Å². The molecule has 1 aliphatic heterocycles. The minimum atomic E-state index is -1.17. The first-order chi connectivity index (χ1) is 16.6. The van der Waals surface area contributed by atoms with Gasteiger partial charge in [0.15, 0.2) is 0 Å². The van der Waals surface area contributed by atoms with Crippen LogP contribution < -0.4 is 9.62 Å². The number of nitrogens with one attached hydrogen (secondary N) is 1. The van der Waals surface area contributed by atoms with Crippen LogP contribution in [0.5, 0.6) is 0 Å². The maximum Gasteiger partial charge on any atom is 0.210 e. The molecule has 1 saturated heterocycles. The van der Waals surface area contributed by atoms with E-state index in [1.165, 1.54) is 25.2 Å². The molecule has 2 atom stereocenters. The number of amides is 1. The van der Waals surface area contributed by atoms with E-state index in [9.17, 15) is 13.4 Å². The Hall–Kier alpha value is -1.67. The van der Waals surface area contributed by atoms with Crippen molar-refractivity contribution in [2.24, 2.45) is 5.92 Å². The van der Waals surface area contributed by atoms with Gasteiger partial charge in [0.25, 0.3) is 0 Å². The number of nitrogens with zero attached hydrogens (tertiary/aromatic N) is 2. The zero-order valence-electron chi connectivity index (χ0n) is 24.3. The molecular weight excluding hydrogens is 465 g/mol. The molecule has 1 aliphatic rings. The Kier molecular flexibility index (Phi) is 24.6. The van der Waals surface area contributed by atoms with Crippen LogP contribution in [-0.4, -0.2) is 59.2 Å². The van der Waals surface area contributed by atoms with Crippen molar-refractivity contribution in [1.29, 1.82) is 0 Å². The molecule has 0 bridgehead atoms. The van der Waals surface area contributed by atoms with Crippen LogP contribution in [-0.2, 0) is 15.8 Å². The van der Waals surface area contributed by atoms with E-state index in [1.807, 2.05) is 25.7 Å². The fourth-order valence-electron chi connectivity index (χ4n) is 3.25. The van der Waals surface area contributed by atoms with Gasteiger partial charge in [0.2, 0.25) is 6.41 Å². The number of piperidine rings is 1. The molecule has 208 valence electrons. The van der Waals surface area contributed by atoms with E-state index in [4.69, 9.17) is 5.11 Å². The highest BCUT2D eigenvalue weighted by Gasteiger charge is 2.21. The Labute approximate surface area is 218 Å². The Morgan fingerprint density at radius 3 is 2.11 bits per heavy atom. The smallest absolute Gasteiger partial charge is 0.210 e. The first-order valence-electron chi connectivity index (χ1n) is 12.9. The molecule has 1 heterocycles. The van der Waals surface area contributed by atoms with Gasteiger partial charge < -0.3 is 19.6 Å². The summed E-state index contributed by atoms with van der Waals surface area (Å²) in [7, 11) is -0.172. The number of aliphatic hydroxyl groups is 1. The summed E-state index contributed by atoms with van der Waals surface area (Å²) in [5.74, 6) is 0.360. The van der Waals surface area contributed by atoms with Gasteiger partial charge in [0.1, 0.15) is 16.8 Å². The van der Waals surface area contributed by atoms with Crippen LogP contribution >= 0.6 is 0 Å². The zero-order valence-corrected chi connectivity index (χ0v) is 25.1. The van der Waals surface area contributed by atoms with Crippen molar-refractivity contribution in [1.82, 2.24) is 4.90 Å². The van der Waals surface area contributed by atoms with Crippen molar-refractivity contribution < 1.29 is 18.5 Å². The molecular formula is C27H54FN3O3S. The summed E-state index contributed by atoms with van der Waals surface area (Å²) >= 11 is 0. The lowest BCUT2D eigenvalue weighted by molar-refractivity contribution is -0.122. The maximum atomic E-state index is 14.0. The molecule has 2 rings (SSSR count). The summed E-state index contributed by atoms with van der Waals surface area (Å²) in [5, 5.41) is 7.00. The Balaban J connectivity index is -0.000000512. The highest BCUT2D eigenvalue weighted by atomic mass is 32.2. The van der Waals surface area contributed by atoms with Crippen molar-refractivity contribution in [3.63, 3.8) is 0 Å². The van der Waals surface area contributed by atoms with Crippen molar-refractivity contribution in [2.75, 3.05) is 42.6 Å². The van der Waals surface area contributed by atoms with Crippen molar-refractivity contribution in [3.8, 4) is 0 Å². The van der Waals surface area contributed by atoms with E-state index in [2.05, 4.69) is 51.2 Å². The number of anilines is 2. The van der Waals surface area contributed by atoms with Crippen molar-refractivity contribution >= 4 is 28.8 Å². The second-order valence-corrected chi connectivity index (χ2v) is 9.79. The molecule has 0 radical (unpaired) electrons. The Morgan fingerprint density at radius 1 is 1.23 bits per heavy atom. The second kappa shape index (κ2) is 22.8. The standard InChI is InChI=1S/C13H19FN2OS.C8H17NO.C3H8.C2H6.CH4O/c1-10-4-3-7-16(9-10)13-6-5-11(8-12(13)14)15-18(2)17;1-5-8(3,4)9(6-2)7-10;1-3-2;2*1-2/h5-6,8,10,15H,3-4,7,9H2,1-2H3;7H,5-6H2,1-4H3;3H2,1-2H3;1-2H3;2H,1H3. The molecule has 35 heavy (non-hydrogen) atoms. The molecule has 0 aliphatic carbocycles. The molecule has 8 heteroatoms. The van der Waals surface area contributed by atoms with Crippen molar-refractivity contribution in [2.45, 2.75) is 93.5 Å². The van der Waals surface area contributed by atoms with Crippen molar-refractivity contribution in [3.05, 3.63) is 24.0 Å². The quantitative estimate of drug-likeness (QED) is 0.405. The number of carbonyl (C=O) groups is 1. The molecule has 1 fully saturated rings. The molecule has 1 amide bonds. The predicted molar refractivity (Wildman–Crippen MR) is 153 cm³/mol. The molecule has 0 saturated carbocycles. The van der Waals surface area contributed by atoms with Gasteiger partial charge in [-0.15, -0.1) is 0 Å². The third-order valence-electron chi connectivity index (χ3n) is 5.32. The van der Waals surface area contributed by atoms with Crippen LogP contribution in [0, 0.1) is 11.7 Å². The topological polar surface area (TPSA) is 72.9 Å². The van der Waals surface area contributed by atoms with E-state index in [1.54, 1.807) is 12.1 Å². The lowest BCUT2D eigenvalue weighted by Gasteiger charge is -2.33. The lowest BCUT2D eigenvalue weighted by Crippen LogP contribution is -2.42. The number of aliphatic hydroxyl groups excluding tert-OH is 1. The number of hydrogen-bond donors (Lipinski definition) is 2. The number of rotatable bonds is 7.